The lowest BCUT2D eigenvalue weighted by atomic mass is 10.4. The van der Waals surface area contributed by atoms with Gasteiger partial charge >= 0.3 is 0 Å². The van der Waals surface area contributed by atoms with Crippen molar-refractivity contribution in [3.8, 4) is 0 Å². The maximum atomic E-state index is 5.11. The molecule has 1 aromatic heterocycles. The molecule has 1 heterocycles. The molecule has 3 heteroatoms. The summed E-state index contributed by atoms with van der Waals surface area (Å²) in [4.78, 5) is 4.06. The summed E-state index contributed by atoms with van der Waals surface area (Å²) in [5, 5.41) is 0. The van der Waals surface area contributed by atoms with Crippen LogP contribution >= 0.6 is 22.6 Å². The van der Waals surface area contributed by atoms with Crippen molar-refractivity contribution < 1.29 is 4.42 Å². The maximum absolute atomic E-state index is 5.11. The zero-order valence-electron chi connectivity index (χ0n) is 4.75. The molecule has 0 radical (unpaired) electrons. The third kappa shape index (κ3) is 0.976. The van der Waals surface area contributed by atoms with E-state index in [0.717, 1.165) is 9.82 Å². The Labute approximate surface area is 66.8 Å². The highest BCUT2D eigenvalue weighted by molar-refractivity contribution is 14.1. The van der Waals surface area contributed by atoms with Crippen LogP contribution in [0.25, 0.3) is 0 Å². The first-order valence-corrected chi connectivity index (χ1v) is 4.16. The Morgan fingerprint density at radius 1 is 1.78 bits per heavy atom. The molecule has 1 aromatic rings. The lowest BCUT2D eigenvalue weighted by Crippen LogP contribution is -1.78. The first-order valence-electron chi connectivity index (χ1n) is 2.91. The van der Waals surface area contributed by atoms with E-state index in [0.29, 0.717) is 5.92 Å². The van der Waals surface area contributed by atoms with E-state index in [1.165, 1.54) is 6.42 Å². The number of aromatic nitrogens is 1. The quantitative estimate of drug-likeness (QED) is 0.549. The molecule has 0 spiro atoms. The fraction of sp³-hybridized carbons (Fsp3) is 0.500. The summed E-state index contributed by atoms with van der Waals surface area (Å²) in [6.07, 6.45) is 4.58. The van der Waals surface area contributed by atoms with E-state index in [-0.39, 0.29) is 0 Å². The number of nitrogens with zero attached hydrogens (tertiary/aromatic N) is 1. The van der Waals surface area contributed by atoms with Crippen LogP contribution in [0.1, 0.15) is 18.2 Å². The molecule has 2 atom stereocenters. The van der Waals surface area contributed by atoms with Gasteiger partial charge in [0, 0.05) is 9.84 Å². The number of hydrogen-bond donors (Lipinski definition) is 0. The number of rotatable bonds is 1. The Hall–Kier alpha value is -0.0600. The minimum absolute atomic E-state index is 0.612. The van der Waals surface area contributed by atoms with Crippen molar-refractivity contribution in [2.24, 2.45) is 0 Å². The number of oxazole rings is 1. The summed E-state index contributed by atoms with van der Waals surface area (Å²) in [6.45, 7) is 0. The normalized spacial score (nSPS) is 32.6. The first kappa shape index (κ1) is 5.70. The lowest BCUT2D eigenvalue weighted by molar-refractivity contribution is 0.498. The van der Waals surface area contributed by atoms with Crippen LogP contribution in [0, 0.1) is 0 Å². The van der Waals surface area contributed by atoms with Crippen molar-refractivity contribution in [2.75, 3.05) is 0 Å². The Balaban J connectivity index is 2.18. The van der Waals surface area contributed by atoms with Crippen molar-refractivity contribution >= 4 is 22.6 Å². The van der Waals surface area contributed by atoms with Gasteiger partial charge in [-0.05, 0) is 6.42 Å². The highest BCUT2D eigenvalue weighted by Crippen LogP contribution is 2.45. The molecule has 48 valence electrons. The smallest absolute Gasteiger partial charge is 0.198 e. The molecule has 0 unspecified atom stereocenters. The molecule has 1 aliphatic carbocycles. The van der Waals surface area contributed by atoms with Gasteiger partial charge in [-0.25, -0.2) is 4.98 Å². The molecular weight excluding hydrogens is 229 g/mol. The average molecular weight is 235 g/mol. The zero-order valence-corrected chi connectivity index (χ0v) is 6.91. The maximum Gasteiger partial charge on any atom is 0.198 e. The van der Waals surface area contributed by atoms with Gasteiger partial charge in [0.2, 0.25) is 0 Å². The molecule has 9 heavy (non-hydrogen) atoms. The van der Waals surface area contributed by atoms with E-state index < -0.39 is 0 Å². The van der Waals surface area contributed by atoms with Crippen molar-refractivity contribution in [3.63, 3.8) is 0 Å². The number of halogens is 1. The van der Waals surface area contributed by atoms with Gasteiger partial charge in [-0.15, -0.1) is 0 Å². The standard InChI is InChI=1S/C6H6INO/c7-5-3-4(5)6-8-1-2-9-6/h1-2,4-5H,3H2/t4-,5-/m0/s1. The van der Waals surface area contributed by atoms with Gasteiger partial charge in [-0.2, -0.15) is 0 Å². The molecular formula is C6H6INO. The Morgan fingerprint density at radius 2 is 2.56 bits per heavy atom. The second kappa shape index (κ2) is 1.97. The van der Waals surface area contributed by atoms with Gasteiger partial charge in [0.1, 0.15) is 6.26 Å². The van der Waals surface area contributed by atoms with Crippen LogP contribution in [-0.4, -0.2) is 8.91 Å². The summed E-state index contributed by atoms with van der Waals surface area (Å²) >= 11 is 2.42. The van der Waals surface area contributed by atoms with E-state index in [1.54, 1.807) is 12.5 Å². The minimum Gasteiger partial charge on any atom is -0.449 e. The van der Waals surface area contributed by atoms with Gasteiger partial charge in [-0.3, -0.25) is 0 Å². The molecule has 2 nitrogen and oxygen atoms in total. The first-order chi connectivity index (χ1) is 4.38. The molecule has 0 N–H and O–H groups in total. The summed E-state index contributed by atoms with van der Waals surface area (Å²) in [5.74, 6) is 1.52. The third-order valence-electron chi connectivity index (χ3n) is 1.48. The molecule has 1 fully saturated rings. The van der Waals surface area contributed by atoms with E-state index in [4.69, 9.17) is 4.42 Å². The van der Waals surface area contributed by atoms with Gasteiger partial charge < -0.3 is 4.42 Å². The Bertz CT molecular complexity index is 197. The van der Waals surface area contributed by atoms with Gasteiger partial charge in [0.05, 0.1) is 6.20 Å². The van der Waals surface area contributed by atoms with Crippen molar-refractivity contribution in [1.82, 2.24) is 4.98 Å². The van der Waals surface area contributed by atoms with Crippen molar-refractivity contribution in [3.05, 3.63) is 18.4 Å². The molecule has 0 aliphatic heterocycles. The van der Waals surface area contributed by atoms with Crippen LogP contribution in [0.15, 0.2) is 16.9 Å². The van der Waals surface area contributed by atoms with E-state index in [1.807, 2.05) is 0 Å². The Morgan fingerprint density at radius 3 is 3.00 bits per heavy atom. The fourth-order valence-electron chi connectivity index (χ4n) is 0.837. The average Bonchev–Trinajstić information content (AvgIpc) is 2.44. The SMILES string of the molecule is I[C@H]1C[C@@H]1c1ncco1. The second-order valence-corrected chi connectivity index (χ2v) is 3.83. The van der Waals surface area contributed by atoms with Crippen LogP contribution in [0.2, 0.25) is 0 Å². The van der Waals surface area contributed by atoms with Crippen LogP contribution in [-0.2, 0) is 0 Å². The van der Waals surface area contributed by atoms with Gasteiger partial charge in [-0.1, -0.05) is 22.6 Å². The molecule has 0 amide bonds. The fourth-order valence-corrected chi connectivity index (χ4v) is 1.69. The summed E-state index contributed by atoms with van der Waals surface area (Å²) in [7, 11) is 0. The predicted molar refractivity (Wildman–Crippen MR) is 41.7 cm³/mol. The lowest BCUT2D eigenvalue weighted by Gasteiger charge is -1.83. The van der Waals surface area contributed by atoms with Crippen LogP contribution in [0.4, 0.5) is 0 Å². The summed E-state index contributed by atoms with van der Waals surface area (Å²) < 4.78 is 5.88. The summed E-state index contributed by atoms with van der Waals surface area (Å²) in [6, 6.07) is 0. The summed E-state index contributed by atoms with van der Waals surface area (Å²) in [5.41, 5.74) is 0. The van der Waals surface area contributed by atoms with Gasteiger partial charge in [0.15, 0.2) is 5.89 Å². The van der Waals surface area contributed by atoms with Crippen LogP contribution in [0.3, 0.4) is 0 Å². The highest BCUT2D eigenvalue weighted by Gasteiger charge is 2.39. The van der Waals surface area contributed by atoms with Gasteiger partial charge in [0.25, 0.3) is 0 Å². The van der Waals surface area contributed by atoms with Crippen molar-refractivity contribution in [2.45, 2.75) is 16.3 Å². The molecule has 1 saturated carbocycles. The number of hydrogen-bond acceptors (Lipinski definition) is 2. The van der Waals surface area contributed by atoms with E-state index in [2.05, 4.69) is 27.6 Å². The monoisotopic (exact) mass is 235 g/mol. The molecule has 1 aliphatic rings. The molecule has 2 rings (SSSR count). The zero-order chi connectivity index (χ0) is 6.27. The third-order valence-corrected chi connectivity index (χ3v) is 2.86. The second-order valence-electron chi connectivity index (χ2n) is 2.23. The molecule has 0 aromatic carbocycles. The van der Waals surface area contributed by atoms with Crippen LogP contribution < -0.4 is 0 Å². The van der Waals surface area contributed by atoms with E-state index in [9.17, 15) is 0 Å². The molecule has 0 bridgehead atoms. The predicted octanol–water partition coefficient (Wildman–Crippen LogP) is 1.97. The van der Waals surface area contributed by atoms with E-state index >= 15 is 0 Å². The minimum atomic E-state index is 0.612. The van der Waals surface area contributed by atoms with Crippen LogP contribution in [0.5, 0.6) is 0 Å². The Kier molecular flexibility index (Phi) is 1.25. The largest absolute Gasteiger partial charge is 0.449 e. The highest BCUT2D eigenvalue weighted by atomic mass is 127. The number of alkyl halides is 1. The van der Waals surface area contributed by atoms with Crippen molar-refractivity contribution in [1.29, 1.82) is 0 Å². The topological polar surface area (TPSA) is 26.0 Å². The molecule has 0 saturated heterocycles.